The number of para-hydroxylation sites is 2. The van der Waals surface area contributed by atoms with E-state index in [0.29, 0.717) is 12.2 Å². The maximum atomic E-state index is 14.6. The second kappa shape index (κ2) is 7.47. The van der Waals surface area contributed by atoms with Crippen molar-refractivity contribution < 1.29 is 14.5 Å². The number of nitrogens with zero attached hydrogens (tertiary/aromatic N) is 2. The monoisotopic (exact) mass is 532 g/mol. The summed E-state index contributed by atoms with van der Waals surface area (Å²) in [5.74, 6) is -0.867. The minimum Gasteiger partial charge on any atom is -0.378 e. The third-order valence-electron chi connectivity index (χ3n) is 7.87. The number of nitro benzene ring substituents is 1. The lowest BCUT2D eigenvalue weighted by Gasteiger charge is -2.48. The molecule has 8 nitrogen and oxygen atoms in total. The predicted molar refractivity (Wildman–Crippen MR) is 135 cm³/mol. The molecule has 35 heavy (non-hydrogen) atoms. The van der Waals surface area contributed by atoms with Crippen molar-refractivity contribution in [3.8, 4) is 0 Å². The van der Waals surface area contributed by atoms with Crippen LogP contribution >= 0.6 is 15.9 Å². The van der Waals surface area contributed by atoms with Gasteiger partial charge in [-0.05, 0) is 36.9 Å². The van der Waals surface area contributed by atoms with Gasteiger partial charge in [0.15, 0.2) is 5.78 Å². The number of nitrogens with one attached hydrogen (secondary N) is 2. The molecule has 0 saturated carbocycles. The van der Waals surface area contributed by atoms with Gasteiger partial charge in [0.1, 0.15) is 11.2 Å². The van der Waals surface area contributed by atoms with Crippen LogP contribution in [0.1, 0.15) is 27.4 Å². The number of carbonyl (C=O) groups excluding carboxylic acids is 2. The quantitative estimate of drug-likeness (QED) is 0.371. The third kappa shape index (κ3) is 2.65. The molecule has 0 unspecified atom stereocenters. The molecule has 6 rings (SSSR count). The lowest BCUT2D eigenvalue weighted by Crippen LogP contribution is -2.62. The number of ketones is 1. The molecule has 3 heterocycles. The highest BCUT2D eigenvalue weighted by molar-refractivity contribution is 9.10. The van der Waals surface area contributed by atoms with Gasteiger partial charge in [-0.2, -0.15) is 0 Å². The van der Waals surface area contributed by atoms with E-state index in [0.717, 1.165) is 15.6 Å². The number of rotatable bonds is 2. The zero-order valence-electron chi connectivity index (χ0n) is 18.7. The highest BCUT2D eigenvalue weighted by atomic mass is 79.9. The van der Waals surface area contributed by atoms with E-state index in [1.165, 1.54) is 12.1 Å². The van der Waals surface area contributed by atoms with E-state index in [4.69, 9.17) is 0 Å². The van der Waals surface area contributed by atoms with Crippen molar-refractivity contribution in [3.63, 3.8) is 0 Å². The molecule has 3 aliphatic rings. The van der Waals surface area contributed by atoms with E-state index < -0.39 is 15.9 Å². The van der Waals surface area contributed by atoms with Crippen molar-refractivity contribution in [2.24, 2.45) is 5.41 Å². The zero-order valence-corrected chi connectivity index (χ0v) is 20.3. The molecule has 3 aliphatic heterocycles. The molecule has 3 aromatic carbocycles. The Bertz CT molecular complexity index is 1430. The number of Topliss-reactive ketones (excluding diaryl/α,β-unsaturated/α-hetero) is 1. The molecule has 3 atom stereocenters. The third-order valence-corrected chi connectivity index (χ3v) is 8.40. The standard InChI is InChI=1S/C26H21BrN4O4/c1-30-13-19(15-9-11-16(27)12-10-15)25(26(30)18-6-2-3-7-20(18)29-24(26)33)14-28-22-17(23(25)32)5-4-8-21(22)31(34)35/h2-12,19,28H,13-14H2,1H3,(H,29,33)/t19-,25+,26+/m0/s1. The Morgan fingerprint density at radius 2 is 1.80 bits per heavy atom. The van der Waals surface area contributed by atoms with Gasteiger partial charge in [0, 0.05) is 46.4 Å². The van der Waals surface area contributed by atoms with Crippen LogP contribution in [0.25, 0.3) is 0 Å². The van der Waals surface area contributed by atoms with Crippen molar-refractivity contribution in [2.75, 3.05) is 30.8 Å². The molecular weight excluding hydrogens is 512 g/mol. The van der Waals surface area contributed by atoms with Gasteiger partial charge in [-0.25, -0.2) is 0 Å². The fourth-order valence-electron chi connectivity index (χ4n) is 6.50. The number of likely N-dealkylation sites (N-methyl/N-ethyl adjacent to an activating group) is 1. The van der Waals surface area contributed by atoms with E-state index in [-0.39, 0.29) is 41.1 Å². The molecule has 3 aromatic rings. The van der Waals surface area contributed by atoms with Crippen LogP contribution in [0.15, 0.2) is 71.2 Å². The number of hydrogen-bond acceptors (Lipinski definition) is 6. The first-order valence-electron chi connectivity index (χ1n) is 11.3. The Morgan fingerprint density at radius 3 is 2.54 bits per heavy atom. The van der Waals surface area contributed by atoms with Crippen LogP contribution in [0, 0.1) is 15.5 Å². The SMILES string of the molecule is CN1C[C@@H](c2ccc(Br)cc2)[C@@]2(CNc3c(cccc3[N+](=O)[O-])C2=O)[C@@]12C(=O)Nc1ccccc12. The second-order valence-corrected chi connectivity index (χ2v) is 10.2. The summed E-state index contributed by atoms with van der Waals surface area (Å²) in [6.07, 6.45) is 0. The Labute approximate surface area is 209 Å². The number of amides is 1. The Morgan fingerprint density at radius 1 is 1.06 bits per heavy atom. The van der Waals surface area contributed by atoms with Crippen LogP contribution in [0.5, 0.6) is 0 Å². The van der Waals surface area contributed by atoms with Crippen molar-refractivity contribution in [1.29, 1.82) is 0 Å². The van der Waals surface area contributed by atoms with E-state index in [2.05, 4.69) is 26.6 Å². The van der Waals surface area contributed by atoms with Crippen molar-refractivity contribution in [2.45, 2.75) is 11.5 Å². The molecule has 2 N–H and O–H groups in total. The molecule has 1 amide bonds. The highest BCUT2D eigenvalue weighted by Gasteiger charge is 2.74. The largest absolute Gasteiger partial charge is 0.378 e. The second-order valence-electron chi connectivity index (χ2n) is 9.31. The number of carbonyl (C=O) groups is 2. The number of likely N-dealkylation sites (tertiary alicyclic amines) is 1. The number of hydrogen-bond donors (Lipinski definition) is 2. The smallest absolute Gasteiger partial charge is 0.293 e. The maximum absolute atomic E-state index is 14.6. The molecule has 0 bridgehead atoms. The van der Waals surface area contributed by atoms with Crippen LogP contribution in [0.3, 0.4) is 0 Å². The van der Waals surface area contributed by atoms with Crippen LogP contribution in [-0.4, -0.2) is 41.7 Å². The number of halogens is 1. The summed E-state index contributed by atoms with van der Waals surface area (Å²) in [4.78, 5) is 41.8. The van der Waals surface area contributed by atoms with Crippen molar-refractivity contribution in [3.05, 3.63) is 98.0 Å². The summed E-state index contributed by atoms with van der Waals surface area (Å²) >= 11 is 3.48. The zero-order chi connectivity index (χ0) is 24.5. The van der Waals surface area contributed by atoms with Gasteiger partial charge in [0.05, 0.1) is 10.3 Å². The lowest BCUT2D eigenvalue weighted by atomic mass is 9.56. The minimum absolute atomic E-state index is 0.0799. The molecule has 1 fully saturated rings. The van der Waals surface area contributed by atoms with Gasteiger partial charge in [-0.1, -0.05) is 52.3 Å². The normalized spacial score (nSPS) is 27.0. The van der Waals surface area contributed by atoms with Crippen molar-refractivity contribution in [1.82, 2.24) is 4.90 Å². The Balaban J connectivity index is 1.66. The fraction of sp³-hybridized carbons (Fsp3) is 0.231. The average molecular weight is 533 g/mol. The summed E-state index contributed by atoms with van der Waals surface area (Å²) in [5.41, 5.74) is 0.121. The maximum Gasteiger partial charge on any atom is 0.293 e. The lowest BCUT2D eigenvalue weighted by molar-refractivity contribution is -0.384. The molecule has 176 valence electrons. The molecule has 9 heteroatoms. The predicted octanol–water partition coefficient (Wildman–Crippen LogP) is 4.53. The average Bonchev–Trinajstić information content (AvgIpc) is 3.30. The van der Waals surface area contributed by atoms with Crippen LogP contribution < -0.4 is 10.6 Å². The summed E-state index contributed by atoms with van der Waals surface area (Å²) in [6, 6.07) is 19.8. The first-order chi connectivity index (χ1) is 16.8. The van der Waals surface area contributed by atoms with E-state index in [9.17, 15) is 19.7 Å². The molecule has 0 aromatic heterocycles. The van der Waals surface area contributed by atoms with Crippen LogP contribution in [0.4, 0.5) is 17.1 Å². The fourth-order valence-corrected chi connectivity index (χ4v) is 6.76. The van der Waals surface area contributed by atoms with Gasteiger partial charge >= 0.3 is 0 Å². The summed E-state index contributed by atoms with van der Waals surface area (Å²) in [7, 11) is 1.87. The molecule has 1 saturated heterocycles. The first kappa shape index (κ1) is 21.9. The minimum atomic E-state index is -1.28. The number of fused-ring (bicyclic) bond motifs is 4. The van der Waals surface area contributed by atoms with Gasteiger partial charge in [-0.3, -0.25) is 24.6 Å². The topological polar surface area (TPSA) is 105 Å². The highest BCUT2D eigenvalue weighted by Crippen LogP contribution is 2.64. The van der Waals surface area contributed by atoms with Gasteiger partial charge in [0.25, 0.3) is 11.6 Å². The van der Waals surface area contributed by atoms with Gasteiger partial charge in [0.2, 0.25) is 0 Å². The van der Waals surface area contributed by atoms with E-state index >= 15 is 0 Å². The van der Waals surface area contributed by atoms with Crippen LogP contribution in [0.2, 0.25) is 0 Å². The first-order valence-corrected chi connectivity index (χ1v) is 12.1. The molecular formula is C26H21BrN4O4. The van der Waals surface area contributed by atoms with Gasteiger partial charge in [-0.15, -0.1) is 0 Å². The summed E-state index contributed by atoms with van der Waals surface area (Å²) in [6.45, 7) is 0.539. The summed E-state index contributed by atoms with van der Waals surface area (Å²) in [5, 5.41) is 17.9. The number of anilines is 2. The molecule has 2 spiro atoms. The van der Waals surface area contributed by atoms with E-state index in [1.54, 1.807) is 6.07 Å². The Kier molecular flexibility index (Phi) is 4.68. The number of nitro groups is 1. The molecule has 0 radical (unpaired) electrons. The van der Waals surface area contributed by atoms with E-state index in [1.807, 2.05) is 60.5 Å². The Hall–Kier alpha value is -3.56. The summed E-state index contributed by atoms with van der Waals surface area (Å²) < 4.78 is 0.911. The molecule has 0 aliphatic carbocycles. The number of benzene rings is 3. The van der Waals surface area contributed by atoms with Gasteiger partial charge < -0.3 is 10.6 Å². The van der Waals surface area contributed by atoms with Crippen molar-refractivity contribution >= 4 is 44.7 Å². The van der Waals surface area contributed by atoms with Crippen LogP contribution in [-0.2, 0) is 10.3 Å².